The third kappa shape index (κ3) is 5.77. The number of nitrogens with zero attached hydrogens (tertiary/aromatic N) is 1. The lowest BCUT2D eigenvalue weighted by molar-refractivity contribution is -0.152. The van der Waals surface area contributed by atoms with Crippen LogP contribution < -0.4 is 4.72 Å². The van der Waals surface area contributed by atoms with Crippen molar-refractivity contribution in [2.75, 3.05) is 26.2 Å². The molecule has 1 heterocycles. The normalized spacial score (nSPS) is 17.3. The number of rotatable bonds is 7. The Labute approximate surface area is 171 Å². The summed E-state index contributed by atoms with van der Waals surface area (Å²) >= 11 is 0. The summed E-state index contributed by atoms with van der Waals surface area (Å²) in [4.78, 5) is 25.8. The number of amides is 1. The third-order valence-electron chi connectivity index (χ3n) is 5.02. The maximum absolute atomic E-state index is 12.4. The predicted octanol–water partition coefficient (Wildman–Crippen LogP) is 2.31. The van der Waals surface area contributed by atoms with E-state index in [1.54, 1.807) is 17.0 Å². The molecule has 0 aromatic heterocycles. The Kier molecular flexibility index (Phi) is 6.87. The van der Waals surface area contributed by atoms with Crippen molar-refractivity contribution >= 4 is 32.7 Å². The number of hydrogen-bond donors (Lipinski definition) is 1. The van der Waals surface area contributed by atoms with E-state index in [-0.39, 0.29) is 30.4 Å². The first-order valence-electron chi connectivity index (χ1n) is 9.77. The van der Waals surface area contributed by atoms with Crippen LogP contribution in [0.2, 0.25) is 0 Å². The summed E-state index contributed by atoms with van der Waals surface area (Å²) in [5.74, 6) is -0.362. The van der Waals surface area contributed by atoms with E-state index in [0.29, 0.717) is 19.0 Å². The van der Waals surface area contributed by atoms with Crippen molar-refractivity contribution in [3.05, 3.63) is 42.5 Å². The molecule has 1 aliphatic heterocycles. The molecular formula is C21H26N2O5S. The average molecular weight is 419 g/mol. The van der Waals surface area contributed by atoms with Crippen molar-refractivity contribution in [1.29, 1.82) is 0 Å². The Bertz CT molecular complexity index is 989. The largest absolute Gasteiger partial charge is 0.456 e. The number of fused-ring (bicyclic) bond motifs is 1. The highest BCUT2D eigenvalue weighted by molar-refractivity contribution is 7.89. The van der Waals surface area contributed by atoms with E-state index >= 15 is 0 Å². The van der Waals surface area contributed by atoms with Crippen molar-refractivity contribution in [2.24, 2.45) is 5.92 Å². The number of nitrogens with one attached hydrogen (secondary N) is 1. The third-order valence-corrected chi connectivity index (χ3v) is 6.48. The maximum atomic E-state index is 12.4. The molecule has 0 saturated carbocycles. The SMILES string of the molecule is C[C@H]1CCCN(C(=O)COC(=O)CCNS(=O)(=O)c2ccc3ccccc3c2)C1. The zero-order valence-electron chi connectivity index (χ0n) is 16.5. The van der Waals surface area contributed by atoms with Crippen molar-refractivity contribution < 1.29 is 22.7 Å². The zero-order valence-corrected chi connectivity index (χ0v) is 17.3. The molecule has 2 aromatic carbocycles. The van der Waals surface area contributed by atoms with Crippen LogP contribution in [0.3, 0.4) is 0 Å². The van der Waals surface area contributed by atoms with Gasteiger partial charge in [-0.3, -0.25) is 9.59 Å². The standard InChI is InChI=1S/C21H26N2O5S/c1-16-5-4-12-23(14-16)20(24)15-28-21(25)10-11-22-29(26,27)19-9-8-17-6-2-3-7-18(17)13-19/h2-3,6-9,13,16,22H,4-5,10-12,14-15H2,1H3/t16-/m0/s1. The van der Waals surface area contributed by atoms with E-state index in [1.807, 2.05) is 24.3 Å². The quantitative estimate of drug-likeness (QED) is 0.697. The van der Waals surface area contributed by atoms with Gasteiger partial charge in [-0.05, 0) is 41.7 Å². The number of carbonyl (C=O) groups excluding carboxylic acids is 2. The van der Waals surface area contributed by atoms with E-state index < -0.39 is 16.0 Å². The minimum absolute atomic E-state index is 0.0943. The fraction of sp³-hybridized carbons (Fsp3) is 0.429. The molecule has 1 atom stereocenters. The van der Waals surface area contributed by atoms with Crippen LogP contribution in [0.1, 0.15) is 26.2 Å². The van der Waals surface area contributed by atoms with Gasteiger partial charge in [0.1, 0.15) is 0 Å². The van der Waals surface area contributed by atoms with Gasteiger partial charge in [-0.1, -0.05) is 37.3 Å². The monoisotopic (exact) mass is 418 g/mol. The van der Waals surface area contributed by atoms with Crippen LogP contribution in [-0.2, 0) is 24.3 Å². The van der Waals surface area contributed by atoms with Crippen LogP contribution in [0, 0.1) is 5.92 Å². The van der Waals surface area contributed by atoms with Crippen LogP contribution in [0.4, 0.5) is 0 Å². The summed E-state index contributed by atoms with van der Waals surface area (Å²) in [5.41, 5.74) is 0. The Hall–Kier alpha value is -2.45. The molecule has 0 spiro atoms. The van der Waals surface area contributed by atoms with Gasteiger partial charge in [-0.15, -0.1) is 0 Å². The number of carbonyl (C=O) groups is 2. The molecule has 0 unspecified atom stereocenters. The van der Waals surface area contributed by atoms with Crippen LogP contribution in [0.15, 0.2) is 47.4 Å². The Morgan fingerprint density at radius 3 is 2.69 bits per heavy atom. The second-order valence-corrected chi connectivity index (χ2v) is 9.17. The molecule has 0 radical (unpaired) electrons. The highest BCUT2D eigenvalue weighted by Crippen LogP contribution is 2.19. The number of benzene rings is 2. The van der Waals surface area contributed by atoms with Gasteiger partial charge in [-0.25, -0.2) is 13.1 Å². The minimum Gasteiger partial charge on any atom is -0.456 e. The topological polar surface area (TPSA) is 92.8 Å². The Morgan fingerprint density at radius 1 is 1.17 bits per heavy atom. The summed E-state index contributed by atoms with van der Waals surface area (Å²) in [5, 5.41) is 1.77. The van der Waals surface area contributed by atoms with Gasteiger partial charge >= 0.3 is 5.97 Å². The lowest BCUT2D eigenvalue weighted by atomic mass is 10.0. The lowest BCUT2D eigenvalue weighted by Gasteiger charge is -2.30. The first-order valence-corrected chi connectivity index (χ1v) is 11.3. The highest BCUT2D eigenvalue weighted by Gasteiger charge is 2.22. The minimum atomic E-state index is -3.73. The molecule has 7 nitrogen and oxygen atoms in total. The van der Waals surface area contributed by atoms with Gasteiger partial charge in [0.2, 0.25) is 10.0 Å². The number of esters is 1. The zero-order chi connectivity index (χ0) is 20.9. The second-order valence-electron chi connectivity index (χ2n) is 7.40. The van der Waals surface area contributed by atoms with Gasteiger partial charge in [0.05, 0.1) is 11.3 Å². The second kappa shape index (κ2) is 9.37. The number of sulfonamides is 1. The van der Waals surface area contributed by atoms with E-state index in [1.165, 1.54) is 6.07 Å². The van der Waals surface area contributed by atoms with E-state index in [0.717, 1.165) is 23.6 Å². The Balaban J connectivity index is 1.45. The molecule has 1 N–H and O–H groups in total. The molecule has 1 aliphatic rings. The van der Waals surface area contributed by atoms with Crippen LogP contribution in [0.5, 0.6) is 0 Å². The van der Waals surface area contributed by atoms with Crippen molar-refractivity contribution in [3.63, 3.8) is 0 Å². The number of piperidine rings is 1. The number of ether oxygens (including phenoxy) is 1. The average Bonchev–Trinajstić information content (AvgIpc) is 2.71. The molecular weight excluding hydrogens is 392 g/mol. The fourth-order valence-corrected chi connectivity index (χ4v) is 4.49. The smallest absolute Gasteiger partial charge is 0.307 e. The number of likely N-dealkylation sites (tertiary alicyclic amines) is 1. The van der Waals surface area contributed by atoms with Crippen molar-refractivity contribution in [2.45, 2.75) is 31.1 Å². The fourth-order valence-electron chi connectivity index (χ4n) is 3.43. The first kappa shape index (κ1) is 21.3. The molecule has 156 valence electrons. The first-order chi connectivity index (χ1) is 13.8. The van der Waals surface area contributed by atoms with E-state index in [9.17, 15) is 18.0 Å². The van der Waals surface area contributed by atoms with Crippen molar-refractivity contribution in [3.8, 4) is 0 Å². The van der Waals surface area contributed by atoms with Gasteiger partial charge in [0, 0.05) is 19.6 Å². The van der Waals surface area contributed by atoms with E-state index in [2.05, 4.69) is 11.6 Å². The highest BCUT2D eigenvalue weighted by atomic mass is 32.2. The summed E-state index contributed by atoms with van der Waals surface area (Å²) < 4.78 is 32.3. The molecule has 1 amide bonds. The van der Waals surface area contributed by atoms with Crippen molar-refractivity contribution in [1.82, 2.24) is 9.62 Å². The summed E-state index contributed by atoms with van der Waals surface area (Å²) in [6.07, 6.45) is 1.91. The molecule has 0 aliphatic carbocycles. The maximum Gasteiger partial charge on any atom is 0.307 e. The molecule has 8 heteroatoms. The van der Waals surface area contributed by atoms with Crippen LogP contribution in [0.25, 0.3) is 10.8 Å². The Morgan fingerprint density at radius 2 is 1.93 bits per heavy atom. The molecule has 3 rings (SSSR count). The lowest BCUT2D eigenvalue weighted by Crippen LogP contribution is -2.41. The molecule has 0 bridgehead atoms. The van der Waals surface area contributed by atoms with Crippen LogP contribution in [-0.4, -0.2) is 51.4 Å². The molecule has 29 heavy (non-hydrogen) atoms. The van der Waals surface area contributed by atoms with Gasteiger partial charge in [0.25, 0.3) is 5.91 Å². The summed E-state index contributed by atoms with van der Waals surface area (Å²) in [6, 6.07) is 12.3. The summed E-state index contributed by atoms with van der Waals surface area (Å²) in [7, 11) is -3.73. The summed E-state index contributed by atoms with van der Waals surface area (Å²) in [6.45, 7) is 3.06. The van der Waals surface area contributed by atoms with Gasteiger partial charge in [-0.2, -0.15) is 0 Å². The molecule has 1 fully saturated rings. The van der Waals surface area contributed by atoms with E-state index in [4.69, 9.17) is 4.74 Å². The van der Waals surface area contributed by atoms with Crippen LogP contribution >= 0.6 is 0 Å². The van der Waals surface area contributed by atoms with Gasteiger partial charge in [0.15, 0.2) is 6.61 Å². The molecule has 2 aromatic rings. The predicted molar refractivity (Wildman–Crippen MR) is 110 cm³/mol. The number of hydrogen-bond acceptors (Lipinski definition) is 5. The molecule has 1 saturated heterocycles. The van der Waals surface area contributed by atoms with Gasteiger partial charge < -0.3 is 9.64 Å².